The van der Waals surface area contributed by atoms with Crippen molar-refractivity contribution in [3.05, 3.63) is 0 Å². The molecule has 0 heterocycles. The minimum absolute atomic E-state index is 0.474. The van der Waals surface area contributed by atoms with Crippen LogP contribution in [0.1, 0.15) is 13.3 Å². The van der Waals surface area contributed by atoms with Crippen LogP contribution in [0.3, 0.4) is 0 Å². The molecule has 0 saturated carbocycles. The van der Waals surface area contributed by atoms with Crippen molar-refractivity contribution in [2.24, 2.45) is 5.73 Å². The normalized spacial score (nSPS) is 12.8. The number of carboxylic acid groups (broad SMARTS) is 1. The van der Waals surface area contributed by atoms with Gasteiger partial charge < -0.3 is 15.6 Å². The molecule has 0 amide bonds. The lowest BCUT2D eigenvalue weighted by Crippen LogP contribution is -2.32. The number of aliphatic carboxylic acids is 1. The van der Waals surface area contributed by atoms with Crippen molar-refractivity contribution in [1.29, 1.82) is 0 Å². The summed E-state index contributed by atoms with van der Waals surface area (Å²) in [6.45, 7) is 3.43. The number of hydrogen-bond acceptors (Lipinski definition) is 4. The second kappa shape index (κ2) is 8.34. The third-order valence-corrected chi connectivity index (χ3v) is 2.57. The molecule has 0 unspecified atom stereocenters. The number of nitrogens with two attached hydrogens (primary N) is 1. The molecule has 5 heteroatoms. The van der Waals surface area contributed by atoms with E-state index < -0.39 is 12.0 Å². The fourth-order valence-corrected chi connectivity index (χ4v) is 1.57. The van der Waals surface area contributed by atoms with Gasteiger partial charge in [-0.05, 0) is 19.1 Å². The first-order valence-corrected chi connectivity index (χ1v) is 5.47. The molecule has 78 valence electrons. The van der Waals surface area contributed by atoms with E-state index in [1.165, 1.54) is 0 Å². The maximum atomic E-state index is 10.3. The highest BCUT2D eigenvalue weighted by molar-refractivity contribution is 7.99. The monoisotopic (exact) mass is 207 g/mol. The zero-order chi connectivity index (χ0) is 10.1. The first kappa shape index (κ1) is 12.7. The molecule has 0 bridgehead atoms. The number of carboxylic acids is 1. The number of carbonyl (C=O) groups is 1. The van der Waals surface area contributed by atoms with E-state index in [1.807, 2.05) is 6.92 Å². The molecule has 0 saturated heterocycles. The van der Waals surface area contributed by atoms with Gasteiger partial charge in [0.15, 0.2) is 0 Å². The van der Waals surface area contributed by atoms with Crippen LogP contribution >= 0.6 is 11.8 Å². The van der Waals surface area contributed by atoms with Crippen molar-refractivity contribution in [2.75, 3.05) is 24.7 Å². The molecule has 0 aromatic carbocycles. The van der Waals surface area contributed by atoms with Crippen LogP contribution in [-0.2, 0) is 9.53 Å². The first-order valence-electron chi connectivity index (χ1n) is 4.32. The third-order valence-electron chi connectivity index (χ3n) is 1.40. The summed E-state index contributed by atoms with van der Waals surface area (Å²) < 4.78 is 5.13. The van der Waals surface area contributed by atoms with E-state index in [0.717, 1.165) is 25.4 Å². The summed E-state index contributed by atoms with van der Waals surface area (Å²) in [5.41, 5.74) is 5.31. The van der Waals surface area contributed by atoms with Gasteiger partial charge in [0.05, 0.1) is 0 Å². The maximum absolute atomic E-state index is 10.3. The summed E-state index contributed by atoms with van der Waals surface area (Å²) in [6.07, 6.45) is 0.949. The zero-order valence-corrected chi connectivity index (χ0v) is 8.68. The van der Waals surface area contributed by atoms with Crippen molar-refractivity contribution in [2.45, 2.75) is 19.4 Å². The molecule has 0 aliphatic carbocycles. The van der Waals surface area contributed by atoms with Crippen LogP contribution in [0.2, 0.25) is 0 Å². The Hall–Kier alpha value is -0.260. The van der Waals surface area contributed by atoms with Crippen LogP contribution in [0.15, 0.2) is 0 Å². The lowest BCUT2D eigenvalue weighted by Gasteiger charge is -2.05. The standard InChI is InChI=1S/C8H17NO3S/c1-2-12-4-3-5-13-6-7(9)8(10)11/h7H,2-6,9H2,1H3,(H,10,11)/t7-/m1/s1. The summed E-state index contributed by atoms with van der Waals surface area (Å²) in [5, 5.41) is 8.46. The fraction of sp³-hybridized carbons (Fsp3) is 0.875. The molecule has 0 aromatic heterocycles. The number of hydrogen-bond donors (Lipinski definition) is 2. The molecule has 0 fully saturated rings. The Bertz CT molecular complexity index is 143. The van der Waals surface area contributed by atoms with Gasteiger partial charge >= 0.3 is 5.97 Å². The Kier molecular flexibility index (Phi) is 8.18. The SMILES string of the molecule is CCOCCCSC[C@@H](N)C(=O)O. The highest BCUT2D eigenvalue weighted by atomic mass is 32.2. The van der Waals surface area contributed by atoms with E-state index in [0.29, 0.717) is 5.75 Å². The minimum Gasteiger partial charge on any atom is -0.480 e. The van der Waals surface area contributed by atoms with Crippen LogP contribution in [0.25, 0.3) is 0 Å². The van der Waals surface area contributed by atoms with Gasteiger partial charge in [-0.15, -0.1) is 0 Å². The average molecular weight is 207 g/mol. The molecular weight excluding hydrogens is 190 g/mol. The van der Waals surface area contributed by atoms with Crippen molar-refractivity contribution >= 4 is 17.7 Å². The van der Waals surface area contributed by atoms with Crippen molar-refractivity contribution in [3.8, 4) is 0 Å². The van der Waals surface area contributed by atoms with Gasteiger partial charge in [0, 0.05) is 19.0 Å². The van der Waals surface area contributed by atoms with Crippen molar-refractivity contribution in [1.82, 2.24) is 0 Å². The number of thioether (sulfide) groups is 1. The first-order chi connectivity index (χ1) is 6.18. The minimum atomic E-state index is -0.933. The highest BCUT2D eigenvalue weighted by Crippen LogP contribution is 2.04. The van der Waals surface area contributed by atoms with E-state index in [4.69, 9.17) is 15.6 Å². The van der Waals surface area contributed by atoms with Gasteiger partial charge in [-0.2, -0.15) is 11.8 Å². The molecule has 0 aliphatic heterocycles. The Morgan fingerprint density at radius 2 is 2.38 bits per heavy atom. The molecule has 0 aromatic rings. The molecule has 0 radical (unpaired) electrons. The molecule has 3 N–H and O–H groups in total. The molecule has 1 atom stereocenters. The van der Waals surface area contributed by atoms with E-state index in [9.17, 15) is 4.79 Å². The van der Waals surface area contributed by atoms with Crippen LogP contribution in [0.5, 0.6) is 0 Å². The summed E-state index contributed by atoms with van der Waals surface area (Å²) in [5.74, 6) is 0.444. The largest absolute Gasteiger partial charge is 0.480 e. The fourth-order valence-electron chi connectivity index (χ4n) is 0.689. The highest BCUT2D eigenvalue weighted by Gasteiger charge is 2.09. The lowest BCUT2D eigenvalue weighted by atomic mass is 10.4. The van der Waals surface area contributed by atoms with Crippen molar-refractivity contribution in [3.63, 3.8) is 0 Å². The van der Waals surface area contributed by atoms with Crippen LogP contribution < -0.4 is 5.73 Å². The van der Waals surface area contributed by atoms with E-state index >= 15 is 0 Å². The smallest absolute Gasteiger partial charge is 0.321 e. The van der Waals surface area contributed by atoms with E-state index in [1.54, 1.807) is 11.8 Å². The zero-order valence-electron chi connectivity index (χ0n) is 7.86. The van der Waals surface area contributed by atoms with E-state index in [2.05, 4.69) is 0 Å². The quantitative estimate of drug-likeness (QED) is 0.569. The van der Waals surface area contributed by atoms with Gasteiger partial charge in [-0.25, -0.2) is 0 Å². The summed E-state index contributed by atoms with van der Waals surface area (Å²) >= 11 is 1.55. The molecule has 0 aliphatic rings. The van der Waals surface area contributed by atoms with Gasteiger partial charge in [-0.1, -0.05) is 0 Å². The second-order valence-electron chi connectivity index (χ2n) is 2.57. The lowest BCUT2D eigenvalue weighted by molar-refractivity contribution is -0.137. The van der Waals surface area contributed by atoms with Crippen LogP contribution in [0.4, 0.5) is 0 Å². The number of rotatable bonds is 8. The van der Waals surface area contributed by atoms with E-state index in [-0.39, 0.29) is 0 Å². The van der Waals surface area contributed by atoms with Crippen LogP contribution in [-0.4, -0.2) is 41.8 Å². The summed E-state index contributed by atoms with van der Waals surface area (Å²) in [7, 11) is 0. The second-order valence-corrected chi connectivity index (χ2v) is 3.72. The van der Waals surface area contributed by atoms with Gasteiger partial charge in [0.25, 0.3) is 0 Å². The molecule has 0 rings (SSSR count). The Morgan fingerprint density at radius 1 is 1.69 bits per heavy atom. The molecule has 0 spiro atoms. The van der Waals surface area contributed by atoms with Crippen LogP contribution in [0, 0.1) is 0 Å². The summed E-state index contributed by atoms with van der Waals surface area (Å²) in [4.78, 5) is 10.3. The Labute approximate surface area is 82.8 Å². The molecule has 4 nitrogen and oxygen atoms in total. The van der Waals surface area contributed by atoms with Gasteiger partial charge in [-0.3, -0.25) is 4.79 Å². The van der Waals surface area contributed by atoms with Gasteiger partial charge in [0.1, 0.15) is 6.04 Å². The predicted molar refractivity (Wildman–Crippen MR) is 54.0 cm³/mol. The average Bonchev–Trinajstić information content (AvgIpc) is 2.10. The topological polar surface area (TPSA) is 72.5 Å². The Balaban J connectivity index is 3.11. The molecular formula is C8H17NO3S. The summed E-state index contributed by atoms with van der Waals surface area (Å²) in [6, 6.07) is -0.739. The van der Waals surface area contributed by atoms with Crippen molar-refractivity contribution < 1.29 is 14.6 Å². The predicted octanol–water partition coefficient (Wildman–Crippen LogP) is 0.558. The van der Waals surface area contributed by atoms with Gasteiger partial charge in [0.2, 0.25) is 0 Å². The Morgan fingerprint density at radius 3 is 2.92 bits per heavy atom. The third kappa shape index (κ3) is 8.08. The molecule has 13 heavy (non-hydrogen) atoms. The number of ether oxygens (including phenoxy) is 1. The maximum Gasteiger partial charge on any atom is 0.321 e.